The third kappa shape index (κ3) is 4.60. The fourth-order valence-corrected chi connectivity index (χ4v) is 4.54. The van der Waals surface area contributed by atoms with E-state index < -0.39 is 5.69 Å². The van der Waals surface area contributed by atoms with Gasteiger partial charge in [-0.2, -0.15) is 0 Å². The molecule has 0 aliphatic rings. The van der Waals surface area contributed by atoms with Crippen LogP contribution in [0.2, 0.25) is 0 Å². The van der Waals surface area contributed by atoms with Crippen molar-refractivity contribution in [2.24, 2.45) is 0 Å². The van der Waals surface area contributed by atoms with E-state index in [1.807, 2.05) is 47.0 Å². The number of methoxy groups -OCH3 is 1. The van der Waals surface area contributed by atoms with E-state index in [0.29, 0.717) is 29.1 Å². The maximum atomic E-state index is 13.8. The number of ether oxygens (including phenoxy) is 1. The lowest BCUT2D eigenvalue weighted by Crippen LogP contribution is -2.40. The van der Waals surface area contributed by atoms with Gasteiger partial charge in [0.1, 0.15) is 5.75 Å². The molecular formula is C30H30N4O3. The molecule has 0 saturated carbocycles. The normalized spacial score (nSPS) is 11.7. The number of para-hydroxylation sites is 2. The average molecular weight is 495 g/mol. The Bertz CT molecular complexity index is 1670. The highest BCUT2D eigenvalue weighted by Gasteiger charge is 2.21. The van der Waals surface area contributed by atoms with Gasteiger partial charge < -0.3 is 9.30 Å². The first-order valence-corrected chi connectivity index (χ1v) is 12.3. The number of nitrogens with zero attached hydrogens (tertiary/aromatic N) is 4. The third-order valence-electron chi connectivity index (χ3n) is 6.58. The summed E-state index contributed by atoms with van der Waals surface area (Å²) >= 11 is 0. The maximum absolute atomic E-state index is 13.8. The van der Waals surface area contributed by atoms with E-state index in [0.717, 1.165) is 11.1 Å². The SMILES string of the molecule is COc1ccccc1-n1c(=O)n(Cc2ccccc2)c(=O)c2c1ncn2Cc1ccc(C(C)(C)C)cc1. The van der Waals surface area contributed by atoms with E-state index in [1.54, 1.807) is 25.6 Å². The number of hydrogen-bond donors (Lipinski definition) is 0. The van der Waals surface area contributed by atoms with Gasteiger partial charge in [0.15, 0.2) is 11.2 Å². The van der Waals surface area contributed by atoms with Crippen LogP contribution < -0.4 is 16.0 Å². The molecule has 3 aromatic carbocycles. The minimum atomic E-state index is -0.467. The summed E-state index contributed by atoms with van der Waals surface area (Å²) in [6.45, 7) is 7.13. The molecule has 37 heavy (non-hydrogen) atoms. The van der Waals surface area contributed by atoms with Crippen molar-refractivity contribution < 1.29 is 4.74 Å². The van der Waals surface area contributed by atoms with E-state index in [9.17, 15) is 9.59 Å². The molecular weight excluding hydrogens is 464 g/mol. The molecule has 7 nitrogen and oxygen atoms in total. The van der Waals surface area contributed by atoms with Crippen LogP contribution in [0.3, 0.4) is 0 Å². The first-order chi connectivity index (χ1) is 17.8. The Morgan fingerprint density at radius 1 is 0.811 bits per heavy atom. The molecule has 0 radical (unpaired) electrons. The van der Waals surface area contributed by atoms with Crippen LogP contribution in [0, 0.1) is 0 Å². The zero-order chi connectivity index (χ0) is 26.2. The summed E-state index contributed by atoms with van der Waals surface area (Å²) in [6, 6.07) is 25.1. The van der Waals surface area contributed by atoms with Gasteiger partial charge in [-0.15, -0.1) is 0 Å². The lowest BCUT2D eigenvalue weighted by Gasteiger charge is -2.19. The summed E-state index contributed by atoms with van der Waals surface area (Å²) in [6.07, 6.45) is 1.63. The molecule has 0 N–H and O–H groups in total. The van der Waals surface area contributed by atoms with Crippen LogP contribution in [0.1, 0.15) is 37.5 Å². The maximum Gasteiger partial charge on any atom is 0.337 e. The van der Waals surface area contributed by atoms with E-state index in [1.165, 1.54) is 14.7 Å². The number of rotatable bonds is 6. The molecule has 0 bridgehead atoms. The number of imidazole rings is 1. The lowest BCUT2D eigenvalue weighted by atomic mass is 9.87. The molecule has 0 fully saturated rings. The van der Waals surface area contributed by atoms with Crippen LogP contribution in [-0.4, -0.2) is 25.8 Å². The average Bonchev–Trinajstić information content (AvgIpc) is 3.30. The molecule has 0 aliphatic heterocycles. The van der Waals surface area contributed by atoms with Gasteiger partial charge in [0.25, 0.3) is 5.56 Å². The summed E-state index contributed by atoms with van der Waals surface area (Å²) in [5, 5.41) is 0. The summed E-state index contributed by atoms with van der Waals surface area (Å²) in [7, 11) is 1.56. The monoisotopic (exact) mass is 494 g/mol. The standard InChI is InChI=1S/C30H30N4O3/c1-30(2,3)23-16-14-22(15-17-23)18-32-20-31-27-26(32)28(35)33(19-21-10-6-5-7-11-21)29(36)34(27)24-12-8-9-13-25(24)37-4/h5-17,20H,18-19H2,1-4H3. The molecule has 0 atom stereocenters. The van der Waals surface area contributed by atoms with Gasteiger partial charge >= 0.3 is 5.69 Å². The van der Waals surface area contributed by atoms with E-state index in [-0.39, 0.29) is 17.5 Å². The molecule has 0 aliphatic carbocycles. The van der Waals surface area contributed by atoms with Gasteiger partial charge in [-0.25, -0.2) is 14.3 Å². The second-order valence-corrected chi connectivity index (χ2v) is 10.2. The molecule has 0 amide bonds. The smallest absolute Gasteiger partial charge is 0.337 e. The van der Waals surface area contributed by atoms with Gasteiger partial charge in [0.2, 0.25) is 0 Å². The number of aromatic nitrogens is 4. The van der Waals surface area contributed by atoms with Crippen LogP contribution in [0.4, 0.5) is 0 Å². The molecule has 2 heterocycles. The van der Waals surface area contributed by atoms with Crippen LogP contribution in [0.15, 0.2) is 94.8 Å². The predicted octanol–water partition coefficient (Wildman–Crippen LogP) is 4.75. The number of fused-ring (bicyclic) bond motifs is 1. The van der Waals surface area contributed by atoms with Crippen molar-refractivity contribution in [3.8, 4) is 11.4 Å². The molecule has 2 aromatic heterocycles. The number of benzene rings is 3. The Morgan fingerprint density at radius 2 is 1.46 bits per heavy atom. The Kier molecular flexibility index (Phi) is 6.29. The van der Waals surface area contributed by atoms with Crippen molar-refractivity contribution in [3.05, 3.63) is 123 Å². The van der Waals surface area contributed by atoms with E-state index >= 15 is 0 Å². The highest BCUT2D eigenvalue weighted by molar-refractivity contribution is 5.73. The largest absolute Gasteiger partial charge is 0.495 e. The first-order valence-electron chi connectivity index (χ1n) is 12.3. The minimum absolute atomic E-state index is 0.0518. The van der Waals surface area contributed by atoms with Gasteiger partial charge in [0, 0.05) is 6.54 Å². The van der Waals surface area contributed by atoms with Crippen molar-refractivity contribution in [2.45, 2.75) is 39.3 Å². The molecule has 188 valence electrons. The zero-order valence-corrected chi connectivity index (χ0v) is 21.5. The highest BCUT2D eigenvalue weighted by Crippen LogP contribution is 2.25. The molecule has 0 saturated heterocycles. The lowest BCUT2D eigenvalue weighted by molar-refractivity contribution is 0.412. The van der Waals surface area contributed by atoms with Crippen molar-refractivity contribution >= 4 is 11.2 Å². The van der Waals surface area contributed by atoms with Gasteiger partial charge in [0.05, 0.1) is 25.7 Å². The molecule has 0 unspecified atom stereocenters. The Morgan fingerprint density at radius 3 is 2.14 bits per heavy atom. The predicted molar refractivity (Wildman–Crippen MR) is 146 cm³/mol. The second-order valence-electron chi connectivity index (χ2n) is 10.2. The van der Waals surface area contributed by atoms with Crippen molar-refractivity contribution in [2.75, 3.05) is 7.11 Å². The summed E-state index contributed by atoms with van der Waals surface area (Å²) in [5.74, 6) is 0.517. The fourth-order valence-electron chi connectivity index (χ4n) is 4.54. The Hall–Kier alpha value is -4.39. The molecule has 5 rings (SSSR count). The van der Waals surface area contributed by atoms with Crippen LogP contribution in [0.5, 0.6) is 5.75 Å². The van der Waals surface area contributed by atoms with Crippen molar-refractivity contribution in [1.82, 2.24) is 18.7 Å². The van der Waals surface area contributed by atoms with Crippen LogP contribution >= 0.6 is 0 Å². The zero-order valence-electron chi connectivity index (χ0n) is 21.5. The van der Waals surface area contributed by atoms with E-state index in [4.69, 9.17) is 4.74 Å². The van der Waals surface area contributed by atoms with Crippen molar-refractivity contribution in [3.63, 3.8) is 0 Å². The Labute approximate surface area is 215 Å². The van der Waals surface area contributed by atoms with Crippen LogP contribution in [-0.2, 0) is 18.5 Å². The first kappa shape index (κ1) is 24.3. The topological polar surface area (TPSA) is 71.1 Å². The van der Waals surface area contributed by atoms with Gasteiger partial charge in [-0.05, 0) is 34.2 Å². The third-order valence-corrected chi connectivity index (χ3v) is 6.58. The summed E-state index contributed by atoms with van der Waals surface area (Å²) < 4.78 is 10.1. The molecule has 5 aromatic rings. The summed E-state index contributed by atoms with van der Waals surface area (Å²) in [4.78, 5) is 32.2. The summed E-state index contributed by atoms with van der Waals surface area (Å²) in [5.41, 5.74) is 3.54. The van der Waals surface area contributed by atoms with Crippen LogP contribution in [0.25, 0.3) is 16.9 Å². The highest BCUT2D eigenvalue weighted by atomic mass is 16.5. The fraction of sp³-hybridized carbons (Fsp3) is 0.233. The minimum Gasteiger partial charge on any atom is -0.495 e. The Balaban J connectivity index is 1.71. The number of hydrogen-bond acceptors (Lipinski definition) is 4. The second kappa shape index (κ2) is 9.58. The molecule has 7 heteroatoms. The quantitative estimate of drug-likeness (QED) is 0.342. The van der Waals surface area contributed by atoms with Crippen molar-refractivity contribution in [1.29, 1.82) is 0 Å². The van der Waals surface area contributed by atoms with Gasteiger partial charge in [-0.1, -0.05) is 87.5 Å². The van der Waals surface area contributed by atoms with Gasteiger partial charge in [-0.3, -0.25) is 9.36 Å². The van der Waals surface area contributed by atoms with E-state index in [2.05, 4.69) is 50.0 Å². The molecule has 0 spiro atoms.